The first-order valence-electron chi connectivity index (χ1n) is 8.81. The van der Waals surface area contributed by atoms with Crippen LogP contribution in [0.15, 0.2) is 18.2 Å². The van der Waals surface area contributed by atoms with Crippen LogP contribution in [0.3, 0.4) is 0 Å². The van der Waals surface area contributed by atoms with Crippen molar-refractivity contribution in [2.45, 2.75) is 71.4 Å². The zero-order valence-electron chi connectivity index (χ0n) is 14.9. The van der Waals surface area contributed by atoms with Crippen molar-refractivity contribution in [2.75, 3.05) is 11.4 Å². The van der Waals surface area contributed by atoms with Gasteiger partial charge in [0.2, 0.25) is 0 Å². The topological polar surface area (TPSA) is 55.6 Å². The van der Waals surface area contributed by atoms with Gasteiger partial charge in [-0.1, -0.05) is 39.2 Å². The van der Waals surface area contributed by atoms with Gasteiger partial charge in [0.15, 0.2) is 5.60 Å². The molecule has 0 radical (unpaired) electrons. The number of carbonyl (C=O) groups excluding carboxylic acids is 1. The van der Waals surface area contributed by atoms with Crippen LogP contribution in [-0.2, 0) is 4.79 Å². The normalized spacial score (nSPS) is 17.6. The first kappa shape index (κ1) is 17.8. The molecule has 1 unspecified atom stereocenters. The summed E-state index contributed by atoms with van der Waals surface area (Å²) in [6.45, 7) is 8.67. The van der Waals surface area contributed by atoms with Gasteiger partial charge in [0, 0.05) is 12.6 Å². The molecule has 1 heterocycles. The van der Waals surface area contributed by atoms with Crippen molar-refractivity contribution in [3.63, 3.8) is 0 Å². The van der Waals surface area contributed by atoms with E-state index in [1.807, 2.05) is 36.9 Å². The van der Waals surface area contributed by atoms with Crippen LogP contribution in [0.5, 0.6) is 5.75 Å². The number of fused-ring (bicyclic) bond motifs is 1. The highest BCUT2D eigenvalue weighted by atomic mass is 16.5. The molecule has 1 aliphatic heterocycles. The van der Waals surface area contributed by atoms with Crippen molar-refractivity contribution in [1.29, 1.82) is 0 Å². The maximum Gasteiger partial charge on any atom is 0.270 e. The van der Waals surface area contributed by atoms with Crippen LogP contribution in [0.2, 0.25) is 0 Å². The summed E-state index contributed by atoms with van der Waals surface area (Å²) < 4.78 is 5.93. The maximum absolute atomic E-state index is 12.8. The van der Waals surface area contributed by atoms with Crippen molar-refractivity contribution >= 4 is 11.6 Å². The van der Waals surface area contributed by atoms with Crippen LogP contribution >= 0.6 is 0 Å². The first-order chi connectivity index (χ1) is 10.9. The minimum Gasteiger partial charge on any atom is -0.476 e. The Labute approximate surface area is 140 Å². The van der Waals surface area contributed by atoms with E-state index in [1.165, 1.54) is 12.8 Å². The highest BCUT2D eigenvalue weighted by molar-refractivity contribution is 6.02. The van der Waals surface area contributed by atoms with Crippen LogP contribution in [0.25, 0.3) is 0 Å². The Balaban J connectivity index is 2.30. The molecule has 4 heteroatoms. The predicted molar refractivity (Wildman–Crippen MR) is 94.9 cm³/mol. The summed E-state index contributed by atoms with van der Waals surface area (Å²) in [6, 6.07) is 5.98. The molecule has 1 aromatic rings. The number of amides is 1. The number of anilines is 1. The highest BCUT2D eigenvalue weighted by Crippen LogP contribution is 2.39. The van der Waals surface area contributed by atoms with E-state index in [4.69, 9.17) is 10.5 Å². The Morgan fingerprint density at radius 1 is 1.22 bits per heavy atom. The molecule has 0 bridgehead atoms. The largest absolute Gasteiger partial charge is 0.476 e. The molecule has 128 valence electrons. The lowest BCUT2D eigenvalue weighted by atomic mass is 9.99. The molecule has 0 saturated heterocycles. The van der Waals surface area contributed by atoms with Crippen LogP contribution in [-0.4, -0.2) is 18.1 Å². The van der Waals surface area contributed by atoms with E-state index in [2.05, 4.69) is 13.8 Å². The second-order valence-electron chi connectivity index (χ2n) is 6.87. The average molecular weight is 318 g/mol. The minimum atomic E-state index is -0.813. The summed E-state index contributed by atoms with van der Waals surface area (Å²) >= 11 is 0. The Bertz CT molecular complexity index is 554. The van der Waals surface area contributed by atoms with E-state index in [0.29, 0.717) is 0 Å². The van der Waals surface area contributed by atoms with E-state index < -0.39 is 5.60 Å². The molecule has 4 nitrogen and oxygen atoms in total. The molecular formula is C19H30N2O2. The number of ether oxygens (including phenoxy) is 1. The number of benzene rings is 1. The lowest BCUT2D eigenvalue weighted by Crippen LogP contribution is -2.52. The molecule has 1 aromatic carbocycles. The number of unbranched alkanes of at least 4 members (excludes halogenated alkanes) is 3. The molecule has 2 rings (SSSR count). The van der Waals surface area contributed by atoms with Crippen molar-refractivity contribution < 1.29 is 9.53 Å². The van der Waals surface area contributed by atoms with Gasteiger partial charge in [-0.25, -0.2) is 0 Å². The third-order valence-corrected chi connectivity index (χ3v) is 4.50. The van der Waals surface area contributed by atoms with Gasteiger partial charge in [0.1, 0.15) is 5.75 Å². The van der Waals surface area contributed by atoms with Gasteiger partial charge in [-0.2, -0.15) is 0 Å². The van der Waals surface area contributed by atoms with Gasteiger partial charge in [0.25, 0.3) is 5.91 Å². The molecule has 0 aliphatic carbocycles. The number of hydrogen-bond donors (Lipinski definition) is 1. The molecule has 2 N–H and O–H groups in total. The lowest BCUT2D eigenvalue weighted by molar-refractivity contribution is -0.132. The number of nitrogens with zero attached hydrogens (tertiary/aromatic N) is 1. The van der Waals surface area contributed by atoms with Gasteiger partial charge >= 0.3 is 0 Å². The Morgan fingerprint density at radius 2 is 1.96 bits per heavy atom. The third kappa shape index (κ3) is 3.86. The third-order valence-electron chi connectivity index (χ3n) is 4.50. The predicted octanol–water partition coefficient (Wildman–Crippen LogP) is 4.18. The van der Waals surface area contributed by atoms with Crippen LogP contribution < -0.4 is 15.4 Å². The second-order valence-corrected chi connectivity index (χ2v) is 6.87. The Morgan fingerprint density at radius 3 is 2.61 bits per heavy atom. The summed E-state index contributed by atoms with van der Waals surface area (Å²) in [5.41, 5.74) is 7.27. The zero-order valence-corrected chi connectivity index (χ0v) is 14.9. The van der Waals surface area contributed by atoms with Crippen molar-refractivity contribution in [3.8, 4) is 5.75 Å². The molecular weight excluding hydrogens is 288 g/mol. The summed E-state index contributed by atoms with van der Waals surface area (Å²) in [5.74, 6) is 0.806. The van der Waals surface area contributed by atoms with Gasteiger partial charge < -0.3 is 15.4 Å². The molecule has 0 fully saturated rings. The molecule has 1 atom stereocenters. The Kier molecular flexibility index (Phi) is 5.69. The van der Waals surface area contributed by atoms with E-state index in [1.54, 1.807) is 0 Å². The van der Waals surface area contributed by atoms with Crippen LogP contribution in [0.4, 0.5) is 5.69 Å². The van der Waals surface area contributed by atoms with Crippen molar-refractivity contribution in [1.82, 2.24) is 0 Å². The van der Waals surface area contributed by atoms with Gasteiger partial charge in [-0.05, 0) is 44.4 Å². The molecule has 23 heavy (non-hydrogen) atoms. The molecule has 0 aromatic heterocycles. The second kappa shape index (κ2) is 7.35. The molecule has 1 aliphatic rings. The van der Waals surface area contributed by atoms with Gasteiger partial charge in [-0.3, -0.25) is 4.79 Å². The quantitative estimate of drug-likeness (QED) is 0.767. The highest BCUT2D eigenvalue weighted by Gasteiger charge is 2.40. The minimum absolute atomic E-state index is 0.00715. The average Bonchev–Trinajstić information content (AvgIpc) is 2.53. The fourth-order valence-electron chi connectivity index (χ4n) is 2.97. The smallest absolute Gasteiger partial charge is 0.270 e. The molecule has 1 amide bonds. The SMILES string of the molecule is CCCCCCN1C(=O)C(C)(C)Oc2ccc(C(N)CC)cc21. The number of carbonyl (C=O) groups is 1. The van der Waals surface area contributed by atoms with Crippen molar-refractivity contribution in [2.24, 2.45) is 5.73 Å². The van der Waals surface area contributed by atoms with Crippen molar-refractivity contribution in [3.05, 3.63) is 23.8 Å². The fraction of sp³-hybridized carbons (Fsp3) is 0.632. The van der Waals surface area contributed by atoms with Gasteiger partial charge in [-0.15, -0.1) is 0 Å². The zero-order chi connectivity index (χ0) is 17.0. The first-order valence-corrected chi connectivity index (χ1v) is 8.81. The lowest BCUT2D eigenvalue weighted by Gasteiger charge is -2.39. The number of nitrogens with two attached hydrogens (primary N) is 1. The van der Waals surface area contributed by atoms with E-state index in [9.17, 15) is 4.79 Å². The van der Waals surface area contributed by atoms with Crippen LogP contribution in [0, 0.1) is 0 Å². The summed E-state index contributed by atoms with van der Waals surface area (Å²) in [7, 11) is 0. The van der Waals surface area contributed by atoms with E-state index >= 15 is 0 Å². The monoisotopic (exact) mass is 318 g/mol. The number of rotatable bonds is 7. The molecule has 0 spiro atoms. The fourth-order valence-corrected chi connectivity index (χ4v) is 2.97. The van der Waals surface area contributed by atoms with E-state index in [-0.39, 0.29) is 11.9 Å². The van der Waals surface area contributed by atoms with E-state index in [0.717, 1.165) is 42.8 Å². The summed E-state index contributed by atoms with van der Waals surface area (Å²) in [4.78, 5) is 14.7. The van der Waals surface area contributed by atoms with Crippen LogP contribution in [0.1, 0.15) is 71.4 Å². The standard InChI is InChI=1S/C19H30N2O2/c1-5-7-8-9-12-21-16-13-14(15(20)6-2)10-11-17(16)23-19(3,4)18(21)22/h10-11,13,15H,5-9,12,20H2,1-4H3. The summed E-state index contributed by atoms with van der Waals surface area (Å²) in [5, 5.41) is 0. The number of hydrogen-bond acceptors (Lipinski definition) is 3. The molecule has 0 saturated carbocycles. The Hall–Kier alpha value is -1.55. The maximum atomic E-state index is 12.8. The summed E-state index contributed by atoms with van der Waals surface area (Å²) in [6.07, 6.45) is 5.42. The van der Waals surface area contributed by atoms with Gasteiger partial charge in [0.05, 0.1) is 5.69 Å².